The number of aliphatic hydroxyl groups is 1. The van der Waals surface area contributed by atoms with Gasteiger partial charge in [0.2, 0.25) is 0 Å². The summed E-state index contributed by atoms with van der Waals surface area (Å²) >= 11 is 0. The largest absolute Gasteiger partial charge is 0.390 e. The predicted molar refractivity (Wildman–Crippen MR) is 127 cm³/mol. The number of para-hydroxylation sites is 1. The summed E-state index contributed by atoms with van der Waals surface area (Å²) in [6.45, 7) is 5.68. The third kappa shape index (κ3) is 5.06. The number of aromatic nitrogens is 2. The monoisotopic (exact) mass is 433 g/mol. The molecule has 4 rings (SSSR count). The summed E-state index contributed by atoms with van der Waals surface area (Å²) in [5.41, 5.74) is 4.99. The van der Waals surface area contributed by atoms with E-state index >= 15 is 0 Å². The Morgan fingerprint density at radius 1 is 1.19 bits per heavy atom. The number of hydrazone groups is 1. The van der Waals surface area contributed by atoms with Crippen molar-refractivity contribution in [2.24, 2.45) is 5.10 Å². The minimum Gasteiger partial charge on any atom is -0.390 e. The third-order valence-corrected chi connectivity index (χ3v) is 6.34. The van der Waals surface area contributed by atoms with Crippen LogP contribution < -0.4 is 5.43 Å². The lowest BCUT2D eigenvalue weighted by atomic mass is 9.97. The molecule has 168 valence electrons. The number of hydrogen-bond acceptors (Lipinski definition) is 5. The molecule has 1 aromatic carbocycles. The fourth-order valence-corrected chi connectivity index (χ4v) is 4.62. The second-order valence-electron chi connectivity index (χ2n) is 8.67. The number of carbonyl (C=O) groups is 1. The Balaban J connectivity index is 1.47. The molecule has 2 aromatic heterocycles. The van der Waals surface area contributed by atoms with Gasteiger partial charge in [-0.3, -0.25) is 14.7 Å². The maximum Gasteiger partial charge on any atom is 0.271 e. The molecular weight excluding hydrogens is 402 g/mol. The molecule has 32 heavy (non-hydrogen) atoms. The Bertz CT molecular complexity index is 1070. The summed E-state index contributed by atoms with van der Waals surface area (Å²) in [5, 5.41) is 16.0. The average Bonchev–Trinajstić information content (AvgIpc) is 3.14. The molecule has 7 nitrogen and oxygen atoms in total. The van der Waals surface area contributed by atoms with Crippen molar-refractivity contribution in [3.63, 3.8) is 0 Å². The molecule has 3 unspecified atom stereocenters. The number of amides is 1. The molecule has 1 aliphatic heterocycles. The minimum absolute atomic E-state index is 0.285. The molecule has 3 atom stereocenters. The van der Waals surface area contributed by atoms with Crippen LogP contribution in [0.15, 0.2) is 60.1 Å². The van der Waals surface area contributed by atoms with E-state index in [1.807, 2.05) is 30.5 Å². The van der Waals surface area contributed by atoms with E-state index in [4.69, 9.17) is 0 Å². The van der Waals surface area contributed by atoms with E-state index in [2.05, 4.69) is 38.8 Å². The van der Waals surface area contributed by atoms with Crippen LogP contribution in [-0.4, -0.2) is 56.4 Å². The Labute approximate surface area is 188 Å². The molecule has 1 fully saturated rings. The number of likely N-dealkylation sites (tertiary alicyclic amines) is 1. The second-order valence-corrected chi connectivity index (χ2v) is 8.67. The molecule has 3 heterocycles. The van der Waals surface area contributed by atoms with Gasteiger partial charge in [-0.15, -0.1) is 0 Å². The van der Waals surface area contributed by atoms with Crippen LogP contribution in [0.3, 0.4) is 0 Å². The van der Waals surface area contributed by atoms with Gasteiger partial charge in [-0.25, -0.2) is 5.43 Å². The molecule has 1 saturated heterocycles. The van der Waals surface area contributed by atoms with Gasteiger partial charge in [-0.1, -0.05) is 24.6 Å². The lowest BCUT2D eigenvalue weighted by Gasteiger charge is -2.40. The normalized spacial score (nSPS) is 20.6. The van der Waals surface area contributed by atoms with Gasteiger partial charge >= 0.3 is 0 Å². The first-order chi connectivity index (χ1) is 15.5. The number of nitrogens with zero attached hydrogens (tertiary/aromatic N) is 4. The van der Waals surface area contributed by atoms with Crippen LogP contribution in [0.4, 0.5) is 0 Å². The summed E-state index contributed by atoms with van der Waals surface area (Å²) in [6.07, 6.45) is 9.96. The molecular formula is C25H31N5O2. The predicted octanol–water partition coefficient (Wildman–Crippen LogP) is 3.42. The van der Waals surface area contributed by atoms with Crippen LogP contribution in [0.25, 0.3) is 10.9 Å². The van der Waals surface area contributed by atoms with E-state index in [1.54, 1.807) is 30.7 Å². The number of rotatable bonds is 7. The Morgan fingerprint density at radius 3 is 2.66 bits per heavy atom. The summed E-state index contributed by atoms with van der Waals surface area (Å²) < 4.78 is 2.07. The van der Waals surface area contributed by atoms with Gasteiger partial charge < -0.3 is 9.67 Å². The molecule has 7 heteroatoms. The molecule has 0 saturated carbocycles. The minimum atomic E-state index is -0.468. The van der Waals surface area contributed by atoms with Crippen molar-refractivity contribution in [2.45, 2.75) is 57.8 Å². The SMILES string of the molecule is CC1CCCC(C)N1CC(O)Cn1cc(/C=N\NC(=O)c2ccncc2)c2ccccc21. The molecule has 3 aromatic rings. The molecule has 0 radical (unpaired) electrons. The first-order valence-corrected chi connectivity index (χ1v) is 11.3. The lowest BCUT2D eigenvalue weighted by Crippen LogP contribution is -2.47. The number of nitrogens with one attached hydrogen (secondary N) is 1. The smallest absolute Gasteiger partial charge is 0.271 e. The fourth-order valence-electron chi connectivity index (χ4n) is 4.62. The molecule has 0 bridgehead atoms. The summed E-state index contributed by atoms with van der Waals surface area (Å²) in [4.78, 5) is 18.5. The highest BCUT2D eigenvalue weighted by Gasteiger charge is 2.26. The maximum absolute atomic E-state index is 12.2. The van der Waals surface area contributed by atoms with Gasteiger partial charge in [0.1, 0.15) is 0 Å². The van der Waals surface area contributed by atoms with Crippen LogP contribution in [0.1, 0.15) is 49.0 Å². The number of piperidine rings is 1. The third-order valence-electron chi connectivity index (χ3n) is 6.34. The van der Waals surface area contributed by atoms with Gasteiger partial charge in [0, 0.05) is 65.8 Å². The van der Waals surface area contributed by atoms with Crippen molar-refractivity contribution in [2.75, 3.05) is 6.54 Å². The van der Waals surface area contributed by atoms with E-state index in [0.717, 1.165) is 16.5 Å². The molecule has 1 amide bonds. The quantitative estimate of drug-likeness (QED) is 0.442. The van der Waals surface area contributed by atoms with E-state index in [1.165, 1.54) is 19.3 Å². The standard InChI is InChI=1S/C25H31N5O2/c1-18-6-5-7-19(2)30(18)17-22(31)16-29-15-21(23-8-3-4-9-24(23)29)14-27-28-25(32)20-10-12-26-13-11-20/h3-4,8-15,18-19,22,31H,5-7,16-17H2,1-2H3,(H,28,32)/b27-14-. The van der Waals surface area contributed by atoms with E-state index < -0.39 is 6.10 Å². The van der Waals surface area contributed by atoms with E-state index in [-0.39, 0.29) is 5.91 Å². The van der Waals surface area contributed by atoms with Gasteiger partial charge in [0.15, 0.2) is 0 Å². The summed E-state index contributed by atoms with van der Waals surface area (Å²) in [5.74, 6) is -0.285. The molecule has 1 aliphatic rings. The fraction of sp³-hybridized carbons (Fsp3) is 0.400. The van der Waals surface area contributed by atoms with E-state index in [9.17, 15) is 9.90 Å². The van der Waals surface area contributed by atoms with E-state index in [0.29, 0.717) is 30.7 Å². The van der Waals surface area contributed by atoms with Gasteiger partial charge in [0.25, 0.3) is 5.91 Å². The highest BCUT2D eigenvalue weighted by Crippen LogP contribution is 2.24. The first kappa shape index (κ1) is 22.2. The van der Waals surface area contributed by atoms with Crippen molar-refractivity contribution >= 4 is 23.0 Å². The second kappa shape index (κ2) is 10.1. The van der Waals surface area contributed by atoms with Crippen LogP contribution >= 0.6 is 0 Å². The molecule has 0 spiro atoms. The maximum atomic E-state index is 12.2. The number of pyridine rings is 1. The Morgan fingerprint density at radius 2 is 1.91 bits per heavy atom. The number of benzene rings is 1. The van der Waals surface area contributed by atoms with Gasteiger partial charge in [0.05, 0.1) is 12.3 Å². The van der Waals surface area contributed by atoms with Crippen molar-refractivity contribution in [3.8, 4) is 0 Å². The Kier molecular flexibility index (Phi) is 6.97. The molecule has 2 N–H and O–H groups in total. The summed E-state index contributed by atoms with van der Waals surface area (Å²) in [6, 6.07) is 12.3. The number of fused-ring (bicyclic) bond motifs is 1. The zero-order valence-corrected chi connectivity index (χ0v) is 18.7. The highest BCUT2D eigenvalue weighted by atomic mass is 16.3. The van der Waals surface area contributed by atoms with Crippen LogP contribution in [-0.2, 0) is 6.54 Å². The van der Waals surface area contributed by atoms with Crippen molar-refractivity contribution in [1.82, 2.24) is 19.9 Å². The number of hydrogen-bond donors (Lipinski definition) is 2. The van der Waals surface area contributed by atoms with Gasteiger partial charge in [-0.2, -0.15) is 5.10 Å². The number of β-amino-alcohol motifs (C(OH)–C–C–N with tert-alkyl or cyclic N) is 1. The zero-order chi connectivity index (χ0) is 22.5. The number of carbonyl (C=O) groups excluding carboxylic acids is 1. The highest BCUT2D eigenvalue weighted by molar-refractivity contribution is 6.00. The number of aliphatic hydroxyl groups excluding tert-OH is 1. The van der Waals surface area contributed by atoms with Crippen LogP contribution in [0.5, 0.6) is 0 Å². The van der Waals surface area contributed by atoms with Gasteiger partial charge in [-0.05, 0) is 44.9 Å². The molecule has 0 aliphatic carbocycles. The van der Waals surface area contributed by atoms with Crippen LogP contribution in [0.2, 0.25) is 0 Å². The van der Waals surface area contributed by atoms with Crippen molar-refractivity contribution < 1.29 is 9.90 Å². The zero-order valence-electron chi connectivity index (χ0n) is 18.7. The summed E-state index contributed by atoms with van der Waals surface area (Å²) in [7, 11) is 0. The Hall–Kier alpha value is -3.03. The first-order valence-electron chi connectivity index (χ1n) is 11.3. The average molecular weight is 434 g/mol. The lowest BCUT2D eigenvalue weighted by molar-refractivity contribution is 0.0352. The van der Waals surface area contributed by atoms with Crippen molar-refractivity contribution in [1.29, 1.82) is 0 Å². The van der Waals surface area contributed by atoms with Crippen LogP contribution in [0, 0.1) is 0 Å². The topological polar surface area (TPSA) is 82.8 Å². The van der Waals surface area contributed by atoms with Crippen molar-refractivity contribution in [3.05, 3.63) is 66.1 Å².